The number of carbonyl (C=O) groups is 1. The molecule has 158 valence electrons. The lowest BCUT2D eigenvalue weighted by Gasteiger charge is -2.18. The quantitative estimate of drug-likeness (QED) is 0.574. The number of rotatable bonds is 10. The van der Waals surface area contributed by atoms with Gasteiger partial charge in [-0.2, -0.15) is 0 Å². The van der Waals surface area contributed by atoms with Crippen molar-refractivity contribution in [3.05, 3.63) is 53.6 Å². The molecule has 2 aromatic rings. The molecule has 0 aliphatic carbocycles. The molecule has 2 rings (SSSR count). The first kappa shape index (κ1) is 23.0. The summed E-state index contributed by atoms with van der Waals surface area (Å²) in [5.41, 5.74) is 0. The molecule has 29 heavy (non-hydrogen) atoms. The van der Waals surface area contributed by atoms with Crippen LogP contribution in [0.25, 0.3) is 0 Å². The van der Waals surface area contributed by atoms with E-state index in [1.807, 2.05) is 6.92 Å². The molecule has 1 atom stereocenters. The molecule has 9 heteroatoms. The largest absolute Gasteiger partial charge is 0.492 e. The van der Waals surface area contributed by atoms with Crippen molar-refractivity contribution in [1.82, 2.24) is 9.62 Å². The molecular weight excluding hydrogens is 416 g/mol. The number of halogens is 1. The van der Waals surface area contributed by atoms with E-state index in [1.165, 1.54) is 26.2 Å². The van der Waals surface area contributed by atoms with Crippen molar-refractivity contribution in [1.29, 1.82) is 0 Å². The summed E-state index contributed by atoms with van der Waals surface area (Å²) in [4.78, 5) is 12.5. The zero-order valence-electron chi connectivity index (χ0n) is 16.6. The summed E-state index contributed by atoms with van der Waals surface area (Å²) in [6, 6.07) is 13.1. The zero-order chi connectivity index (χ0) is 21.4. The summed E-state index contributed by atoms with van der Waals surface area (Å²) in [6.07, 6.45) is -0.176. The fraction of sp³-hybridized carbons (Fsp3) is 0.350. The highest BCUT2D eigenvalue weighted by molar-refractivity contribution is 7.89. The number of nitrogens with zero attached hydrogens (tertiary/aromatic N) is 1. The van der Waals surface area contributed by atoms with Gasteiger partial charge in [0.15, 0.2) is 6.10 Å². The number of nitrogens with one attached hydrogen (secondary N) is 1. The van der Waals surface area contributed by atoms with Gasteiger partial charge >= 0.3 is 0 Å². The monoisotopic (exact) mass is 440 g/mol. The first-order valence-electron chi connectivity index (χ1n) is 9.10. The molecule has 0 bridgehead atoms. The second kappa shape index (κ2) is 10.5. The molecule has 0 unspecified atom stereocenters. The van der Waals surface area contributed by atoms with E-state index < -0.39 is 16.1 Å². The highest BCUT2D eigenvalue weighted by atomic mass is 35.5. The van der Waals surface area contributed by atoms with E-state index in [2.05, 4.69) is 5.32 Å². The van der Waals surface area contributed by atoms with Crippen LogP contribution < -0.4 is 14.8 Å². The van der Waals surface area contributed by atoms with Crippen LogP contribution in [0.2, 0.25) is 5.02 Å². The van der Waals surface area contributed by atoms with E-state index in [0.29, 0.717) is 22.9 Å². The predicted octanol–water partition coefficient (Wildman–Crippen LogP) is 2.94. The van der Waals surface area contributed by atoms with Gasteiger partial charge in [-0.15, -0.1) is 0 Å². The number of ether oxygens (including phenoxy) is 2. The summed E-state index contributed by atoms with van der Waals surface area (Å²) >= 11 is 6.06. The van der Waals surface area contributed by atoms with Gasteiger partial charge in [0.1, 0.15) is 18.1 Å². The zero-order valence-corrected chi connectivity index (χ0v) is 18.2. The van der Waals surface area contributed by atoms with Crippen LogP contribution in [0.5, 0.6) is 11.5 Å². The topological polar surface area (TPSA) is 84.9 Å². The van der Waals surface area contributed by atoms with Gasteiger partial charge in [0.25, 0.3) is 5.91 Å². The molecule has 0 aliphatic rings. The Morgan fingerprint density at radius 1 is 1.14 bits per heavy atom. The lowest BCUT2D eigenvalue weighted by atomic mass is 10.2. The van der Waals surface area contributed by atoms with Crippen LogP contribution in [0.1, 0.15) is 13.3 Å². The number of para-hydroxylation sites is 1. The SMILES string of the molecule is CC[C@@H](Oc1ccccc1Cl)C(=O)NCCOc1ccc(S(=O)(=O)N(C)C)cc1. The number of carbonyl (C=O) groups excluding carboxylic acids is 1. The normalized spacial score (nSPS) is 12.4. The first-order valence-corrected chi connectivity index (χ1v) is 10.9. The van der Waals surface area contributed by atoms with Gasteiger partial charge in [0.2, 0.25) is 10.0 Å². The Balaban J connectivity index is 1.82. The Morgan fingerprint density at radius 2 is 1.79 bits per heavy atom. The molecule has 1 N–H and O–H groups in total. The van der Waals surface area contributed by atoms with Crippen LogP contribution in [0.4, 0.5) is 0 Å². The fourth-order valence-corrected chi connectivity index (χ4v) is 3.47. The van der Waals surface area contributed by atoms with Crippen LogP contribution in [0.3, 0.4) is 0 Å². The van der Waals surface area contributed by atoms with Crippen LogP contribution in [0.15, 0.2) is 53.4 Å². The average molecular weight is 441 g/mol. The van der Waals surface area contributed by atoms with Gasteiger partial charge in [0, 0.05) is 14.1 Å². The Hall–Kier alpha value is -2.29. The Labute approximate surface area is 176 Å². The highest BCUT2D eigenvalue weighted by Crippen LogP contribution is 2.24. The maximum Gasteiger partial charge on any atom is 0.261 e. The van der Waals surface area contributed by atoms with Gasteiger partial charge in [0.05, 0.1) is 16.5 Å². The number of sulfonamides is 1. The van der Waals surface area contributed by atoms with E-state index >= 15 is 0 Å². The van der Waals surface area contributed by atoms with Gasteiger partial charge in [-0.1, -0.05) is 30.7 Å². The molecule has 7 nitrogen and oxygen atoms in total. The van der Waals surface area contributed by atoms with E-state index in [9.17, 15) is 13.2 Å². The molecule has 2 aromatic carbocycles. The summed E-state index contributed by atoms with van der Waals surface area (Å²) in [5.74, 6) is 0.708. The second-order valence-corrected chi connectivity index (χ2v) is 8.90. The van der Waals surface area contributed by atoms with E-state index in [4.69, 9.17) is 21.1 Å². The lowest BCUT2D eigenvalue weighted by molar-refractivity contribution is -0.128. The summed E-state index contributed by atoms with van der Waals surface area (Å²) in [6.45, 7) is 2.36. The van der Waals surface area contributed by atoms with Gasteiger partial charge in [-0.25, -0.2) is 12.7 Å². The third kappa shape index (κ3) is 6.35. The van der Waals surface area contributed by atoms with Crippen molar-refractivity contribution in [2.45, 2.75) is 24.3 Å². The minimum Gasteiger partial charge on any atom is -0.492 e. The smallest absolute Gasteiger partial charge is 0.261 e. The molecule has 0 spiro atoms. The summed E-state index contributed by atoms with van der Waals surface area (Å²) < 4.78 is 36.5. The number of amides is 1. The molecule has 0 fully saturated rings. The molecular formula is C20H25ClN2O5S. The average Bonchev–Trinajstić information content (AvgIpc) is 2.70. The summed E-state index contributed by atoms with van der Waals surface area (Å²) in [7, 11) is -0.527. The van der Waals surface area contributed by atoms with Crippen LogP contribution in [-0.2, 0) is 14.8 Å². The summed E-state index contributed by atoms with van der Waals surface area (Å²) in [5, 5.41) is 3.21. The van der Waals surface area contributed by atoms with Crippen LogP contribution >= 0.6 is 11.6 Å². The van der Waals surface area contributed by atoms with Gasteiger partial charge in [-0.3, -0.25) is 4.79 Å². The van der Waals surface area contributed by atoms with Crippen molar-refractivity contribution in [2.24, 2.45) is 0 Å². The minimum absolute atomic E-state index is 0.186. The maximum absolute atomic E-state index is 12.3. The third-order valence-corrected chi connectivity index (χ3v) is 6.18. The van der Waals surface area contributed by atoms with Crippen molar-refractivity contribution < 1.29 is 22.7 Å². The Morgan fingerprint density at radius 3 is 2.38 bits per heavy atom. The van der Waals surface area contributed by atoms with Crippen molar-refractivity contribution in [3.8, 4) is 11.5 Å². The highest BCUT2D eigenvalue weighted by Gasteiger charge is 2.19. The standard InChI is InChI=1S/C20H25ClN2O5S/c1-4-18(28-19-8-6-5-7-17(19)21)20(24)22-13-14-27-15-9-11-16(12-10-15)29(25,26)23(2)3/h5-12,18H,4,13-14H2,1-3H3,(H,22,24)/t18-/m1/s1. The van der Waals surface area contributed by atoms with E-state index in [1.54, 1.807) is 36.4 Å². The Kier molecular flexibility index (Phi) is 8.31. The van der Waals surface area contributed by atoms with Crippen LogP contribution in [-0.4, -0.2) is 52.0 Å². The van der Waals surface area contributed by atoms with Crippen molar-refractivity contribution >= 4 is 27.5 Å². The number of hydrogen-bond donors (Lipinski definition) is 1. The fourth-order valence-electron chi connectivity index (χ4n) is 2.39. The second-order valence-electron chi connectivity index (χ2n) is 6.34. The maximum atomic E-state index is 12.3. The molecule has 0 aromatic heterocycles. The van der Waals surface area contributed by atoms with E-state index in [-0.39, 0.29) is 24.0 Å². The molecule has 0 radical (unpaired) electrons. The lowest BCUT2D eigenvalue weighted by Crippen LogP contribution is -2.39. The number of benzene rings is 2. The Bertz CT molecular complexity index is 917. The van der Waals surface area contributed by atoms with Crippen molar-refractivity contribution in [2.75, 3.05) is 27.2 Å². The van der Waals surface area contributed by atoms with Gasteiger partial charge in [-0.05, 0) is 42.8 Å². The molecule has 0 saturated heterocycles. The van der Waals surface area contributed by atoms with Crippen molar-refractivity contribution in [3.63, 3.8) is 0 Å². The predicted molar refractivity (Wildman–Crippen MR) is 112 cm³/mol. The molecule has 0 heterocycles. The van der Waals surface area contributed by atoms with E-state index in [0.717, 1.165) is 4.31 Å². The first-order chi connectivity index (χ1) is 13.8. The molecule has 0 saturated carbocycles. The minimum atomic E-state index is -3.47. The third-order valence-electron chi connectivity index (χ3n) is 4.04. The number of hydrogen-bond acceptors (Lipinski definition) is 5. The van der Waals surface area contributed by atoms with Crippen LogP contribution in [0, 0.1) is 0 Å². The molecule has 0 aliphatic heterocycles. The van der Waals surface area contributed by atoms with Gasteiger partial charge < -0.3 is 14.8 Å². The molecule has 1 amide bonds.